The molecule has 0 radical (unpaired) electrons. The van der Waals surface area contributed by atoms with E-state index < -0.39 is 6.09 Å². The fourth-order valence-corrected chi connectivity index (χ4v) is 1.81. The third-order valence-corrected chi connectivity index (χ3v) is 2.88. The molecule has 0 bridgehead atoms. The highest BCUT2D eigenvalue weighted by molar-refractivity contribution is 5.81. The summed E-state index contributed by atoms with van der Waals surface area (Å²) in [6, 6.07) is 3.60. The molecule has 19 heavy (non-hydrogen) atoms. The maximum atomic E-state index is 10.6. The normalized spacial score (nSPS) is 12.1. The highest BCUT2D eigenvalue weighted by Gasteiger charge is 2.11. The zero-order valence-corrected chi connectivity index (χ0v) is 10.7. The van der Waals surface area contributed by atoms with Crippen molar-refractivity contribution in [3.8, 4) is 0 Å². The molecule has 1 unspecified atom stereocenters. The Labute approximate surface area is 110 Å². The minimum absolute atomic E-state index is 0.195. The van der Waals surface area contributed by atoms with Gasteiger partial charge in [-0.1, -0.05) is 6.92 Å². The van der Waals surface area contributed by atoms with Crippen molar-refractivity contribution in [2.24, 2.45) is 7.05 Å². The van der Waals surface area contributed by atoms with Crippen molar-refractivity contribution in [2.45, 2.75) is 19.3 Å². The van der Waals surface area contributed by atoms with Gasteiger partial charge in [-0.05, 0) is 23.6 Å². The number of carbonyl (C=O) groups is 1. The molecule has 0 aliphatic rings. The summed E-state index contributed by atoms with van der Waals surface area (Å²) in [6.45, 7) is 2.05. The Morgan fingerprint density at radius 1 is 1.58 bits per heavy atom. The van der Waals surface area contributed by atoms with Crippen LogP contribution in [0, 0.1) is 0 Å². The third kappa shape index (κ3) is 3.27. The number of rotatable bonds is 4. The van der Waals surface area contributed by atoms with Gasteiger partial charge in [0.1, 0.15) is 18.0 Å². The van der Waals surface area contributed by atoms with Crippen LogP contribution in [0.15, 0.2) is 24.7 Å². The average molecular weight is 261 g/mol. The van der Waals surface area contributed by atoms with Gasteiger partial charge in [0.25, 0.3) is 0 Å². The number of nitrogens with zero attached hydrogens (tertiary/aromatic N) is 4. The zero-order valence-electron chi connectivity index (χ0n) is 10.7. The van der Waals surface area contributed by atoms with Gasteiger partial charge in [0.05, 0.1) is 0 Å². The van der Waals surface area contributed by atoms with Gasteiger partial charge in [-0.2, -0.15) is 0 Å². The van der Waals surface area contributed by atoms with E-state index >= 15 is 0 Å². The van der Waals surface area contributed by atoms with E-state index in [0.717, 1.165) is 17.8 Å². The topological polar surface area (TPSA) is 92.9 Å². The third-order valence-electron chi connectivity index (χ3n) is 2.88. The van der Waals surface area contributed by atoms with Gasteiger partial charge in [-0.25, -0.2) is 9.78 Å². The molecule has 1 amide bonds. The molecular weight excluding hydrogens is 246 g/mol. The molecule has 0 saturated heterocycles. The van der Waals surface area contributed by atoms with E-state index in [1.165, 1.54) is 0 Å². The molecule has 0 fully saturated rings. The van der Waals surface area contributed by atoms with Crippen LogP contribution in [0.3, 0.4) is 0 Å². The lowest BCUT2D eigenvalue weighted by Gasteiger charge is -2.12. The van der Waals surface area contributed by atoms with Crippen molar-refractivity contribution in [1.82, 2.24) is 19.7 Å². The van der Waals surface area contributed by atoms with Crippen molar-refractivity contribution in [2.75, 3.05) is 5.32 Å². The van der Waals surface area contributed by atoms with E-state index in [4.69, 9.17) is 5.11 Å². The lowest BCUT2D eigenvalue weighted by atomic mass is 9.98. The number of anilines is 1. The molecule has 2 rings (SSSR count). The van der Waals surface area contributed by atoms with E-state index in [1.54, 1.807) is 18.6 Å². The molecule has 2 aromatic heterocycles. The van der Waals surface area contributed by atoms with Gasteiger partial charge < -0.3 is 9.67 Å². The minimum atomic E-state index is -1.12. The maximum absolute atomic E-state index is 10.6. The molecule has 0 saturated carbocycles. The van der Waals surface area contributed by atoms with Crippen LogP contribution in [0.25, 0.3) is 0 Å². The Balaban J connectivity index is 2.12. The summed E-state index contributed by atoms with van der Waals surface area (Å²) < 4.78 is 1.87. The summed E-state index contributed by atoms with van der Waals surface area (Å²) in [5.74, 6) is 1.41. The fourth-order valence-electron chi connectivity index (χ4n) is 1.81. The van der Waals surface area contributed by atoms with Crippen molar-refractivity contribution < 1.29 is 9.90 Å². The molecule has 2 aromatic rings. The predicted octanol–water partition coefficient (Wildman–Crippen LogP) is 1.65. The molecule has 2 N–H and O–H groups in total. The Morgan fingerprint density at radius 3 is 3.00 bits per heavy atom. The van der Waals surface area contributed by atoms with Crippen LogP contribution in [0.2, 0.25) is 0 Å². The van der Waals surface area contributed by atoms with Gasteiger partial charge in [0, 0.05) is 19.7 Å². The first kappa shape index (κ1) is 13.0. The van der Waals surface area contributed by atoms with Gasteiger partial charge in [0.15, 0.2) is 0 Å². The molecule has 7 nitrogen and oxygen atoms in total. The highest BCUT2D eigenvalue weighted by Crippen LogP contribution is 2.20. The fraction of sp³-hybridized carbons (Fsp3) is 0.333. The van der Waals surface area contributed by atoms with Crippen LogP contribution < -0.4 is 5.32 Å². The quantitative estimate of drug-likeness (QED) is 0.872. The summed E-state index contributed by atoms with van der Waals surface area (Å²) in [5.41, 5.74) is 1.00. The standard InChI is InChI=1S/C12H15N5O2/c1-8(5-11-16-14-7-17(11)2)9-3-4-13-10(6-9)15-12(18)19/h3-4,6-8H,5H2,1-2H3,(H,13,15)(H,18,19). The molecule has 100 valence electrons. The number of aryl methyl sites for hydroxylation is 1. The number of pyridine rings is 1. The first-order chi connectivity index (χ1) is 9.06. The Morgan fingerprint density at radius 2 is 2.37 bits per heavy atom. The average Bonchev–Trinajstić information content (AvgIpc) is 2.74. The second-order valence-corrected chi connectivity index (χ2v) is 4.37. The number of nitrogens with one attached hydrogen (secondary N) is 1. The molecule has 7 heteroatoms. The number of carboxylic acid groups (broad SMARTS) is 1. The van der Waals surface area contributed by atoms with E-state index in [0.29, 0.717) is 5.82 Å². The Hall–Kier alpha value is -2.44. The monoisotopic (exact) mass is 261 g/mol. The van der Waals surface area contributed by atoms with Crippen LogP contribution in [-0.4, -0.2) is 30.9 Å². The SMILES string of the molecule is CC(Cc1nncn1C)c1ccnc(NC(=O)O)c1. The molecule has 0 spiro atoms. The second kappa shape index (κ2) is 5.47. The van der Waals surface area contributed by atoms with E-state index in [1.807, 2.05) is 17.7 Å². The Kier molecular flexibility index (Phi) is 3.74. The van der Waals surface area contributed by atoms with Crippen molar-refractivity contribution in [3.63, 3.8) is 0 Å². The maximum Gasteiger partial charge on any atom is 0.410 e. The summed E-state index contributed by atoms with van der Waals surface area (Å²) in [5, 5.41) is 18.8. The lowest BCUT2D eigenvalue weighted by Crippen LogP contribution is -2.10. The van der Waals surface area contributed by atoms with Gasteiger partial charge in [-0.3, -0.25) is 5.32 Å². The molecule has 2 heterocycles. The second-order valence-electron chi connectivity index (χ2n) is 4.37. The van der Waals surface area contributed by atoms with Gasteiger partial charge >= 0.3 is 6.09 Å². The summed E-state index contributed by atoms with van der Waals surface area (Å²) in [4.78, 5) is 14.5. The minimum Gasteiger partial charge on any atom is -0.465 e. The van der Waals surface area contributed by atoms with Crippen LogP contribution in [-0.2, 0) is 13.5 Å². The Bertz CT molecular complexity index is 581. The molecular formula is C12H15N5O2. The van der Waals surface area contributed by atoms with Crippen molar-refractivity contribution in [1.29, 1.82) is 0 Å². The summed E-state index contributed by atoms with van der Waals surface area (Å²) in [6.07, 6.45) is 2.86. The van der Waals surface area contributed by atoms with Gasteiger partial charge in [-0.15, -0.1) is 10.2 Å². The number of amides is 1. The van der Waals surface area contributed by atoms with E-state index in [-0.39, 0.29) is 5.92 Å². The molecule has 1 atom stereocenters. The van der Waals surface area contributed by atoms with Crippen LogP contribution in [0.5, 0.6) is 0 Å². The summed E-state index contributed by atoms with van der Waals surface area (Å²) >= 11 is 0. The zero-order chi connectivity index (χ0) is 13.8. The van der Waals surface area contributed by atoms with Crippen molar-refractivity contribution >= 4 is 11.9 Å². The van der Waals surface area contributed by atoms with E-state index in [2.05, 4.69) is 27.4 Å². The number of aromatic nitrogens is 4. The predicted molar refractivity (Wildman–Crippen MR) is 69.0 cm³/mol. The smallest absolute Gasteiger partial charge is 0.410 e. The largest absolute Gasteiger partial charge is 0.465 e. The lowest BCUT2D eigenvalue weighted by molar-refractivity contribution is 0.209. The molecule has 0 aliphatic carbocycles. The molecule has 0 aliphatic heterocycles. The highest BCUT2D eigenvalue weighted by atomic mass is 16.4. The van der Waals surface area contributed by atoms with E-state index in [9.17, 15) is 4.79 Å². The van der Waals surface area contributed by atoms with Crippen LogP contribution >= 0.6 is 0 Å². The number of hydrogen-bond donors (Lipinski definition) is 2. The first-order valence-electron chi connectivity index (χ1n) is 5.85. The summed E-state index contributed by atoms with van der Waals surface area (Å²) in [7, 11) is 1.89. The van der Waals surface area contributed by atoms with Crippen LogP contribution in [0.1, 0.15) is 24.2 Å². The van der Waals surface area contributed by atoms with Crippen LogP contribution in [0.4, 0.5) is 10.6 Å². The number of hydrogen-bond acceptors (Lipinski definition) is 4. The van der Waals surface area contributed by atoms with Crippen molar-refractivity contribution in [3.05, 3.63) is 36.0 Å². The first-order valence-corrected chi connectivity index (χ1v) is 5.85. The van der Waals surface area contributed by atoms with Gasteiger partial charge in [0.2, 0.25) is 0 Å². The molecule has 0 aromatic carbocycles.